The third-order valence-electron chi connectivity index (χ3n) is 5.30. The van der Waals surface area contributed by atoms with Crippen molar-refractivity contribution >= 4 is 34.8 Å². The molecule has 1 fully saturated rings. The summed E-state index contributed by atoms with van der Waals surface area (Å²) in [6.45, 7) is 5.43. The fourth-order valence-electron chi connectivity index (χ4n) is 3.52. The topological polar surface area (TPSA) is 114 Å². The molecule has 0 saturated carbocycles. The molecule has 0 spiro atoms. The zero-order valence-corrected chi connectivity index (χ0v) is 18.3. The van der Waals surface area contributed by atoms with E-state index in [0.29, 0.717) is 30.5 Å². The highest BCUT2D eigenvalue weighted by Gasteiger charge is 2.27. The van der Waals surface area contributed by atoms with Crippen molar-refractivity contribution < 1.29 is 9.90 Å². The second kappa shape index (κ2) is 8.60. The van der Waals surface area contributed by atoms with E-state index in [-0.39, 0.29) is 17.2 Å². The summed E-state index contributed by atoms with van der Waals surface area (Å²) in [5.41, 5.74) is 8.57. The van der Waals surface area contributed by atoms with Gasteiger partial charge in [0.1, 0.15) is 11.5 Å². The lowest BCUT2D eigenvalue weighted by atomic mass is 10.1. The Kier molecular flexibility index (Phi) is 5.88. The molecule has 0 radical (unpaired) electrons. The molecule has 31 heavy (non-hydrogen) atoms. The number of anilines is 1. The normalized spacial score (nSPS) is 14.6. The number of aromatic nitrogens is 3. The number of hydrogen-bond acceptors (Lipinski definition) is 7. The fourth-order valence-corrected chi connectivity index (χ4v) is 4.48. The average Bonchev–Trinajstić information content (AvgIpc) is 3.18. The summed E-state index contributed by atoms with van der Waals surface area (Å²) in [6.07, 6.45) is 5.59. The first-order valence-electron chi connectivity index (χ1n) is 10.2. The molecular weight excluding hydrogens is 414 g/mol. The third kappa shape index (κ3) is 4.52. The molecule has 9 heteroatoms. The van der Waals surface area contributed by atoms with E-state index in [1.54, 1.807) is 17.5 Å². The number of carbonyl (C=O) groups is 1. The van der Waals surface area contributed by atoms with Crippen molar-refractivity contribution in [2.75, 3.05) is 18.0 Å². The number of nitrogens with two attached hydrogens (primary N) is 1. The van der Waals surface area contributed by atoms with Gasteiger partial charge in [-0.15, -0.1) is 11.3 Å². The summed E-state index contributed by atoms with van der Waals surface area (Å²) in [4.78, 5) is 35.3. The highest BCUT2D eigenvalue weighted by atomic mass is 32.1. The molecule has 1 aliphatic heterocycles. The van der Waals surface area contributed by atoms with E-state index in [9.17, 15) is 9.59 Å². The second-order valence-corrected chi connectivity index (χ2v) is 9.02. The zero-order chi connectivity index (χ0) is 22.1. The molecule has 1 aliphatic rings. The van der Waals surface area contributed by atoms with Gasteiger partial charge in [-0.1, -0.05) is 13.8 Å². The highest BCUT2D eigenvalue weighted by molar-refractivity contribution is 7.09. The molecule has 0 bridgehead atoms. The number of hydrogen-bond donors (Lipinski definition) is 2. The predicted octanol–water partition coefficient (Wildman–Crippen LogP) is 2.30. The van der Waals surface area contributed by atoms with Gasteiger partial charge in [-0.25, -0.2) is 14.8 Å². The number of thiazole rings is 1. The van der Waals surface area contributed by atoms with Crippen LogP contribution < -0.4 is 16.2 Å². The molecule has 0 aliphatic carbocycles. The van der Waals surface area contributed by atoms with E-state index in [2.05, 4.69) is 29.2 Å². The van der Waals surface area contributed by atoms with Crippen LogP contribution in [0.25, 0.3) is 11.7 Å². The highest BCUT2D eigenvalue weighted by Crippen LogP contribution is 2.23. The minimum atomic E-state index is -1.12. The Morgan fingerprint density at radius 2 is 2.13 bits per heavy atom. The number of carboxylic acid groups (broad SMARTS) is 1. The summed E-state index contributed by atoms with van der Waals surface area (Å²) >= 11 is 1.67. The lowest BCUT2D eigenvalue weighted by Gasteiger charge is -2.38. The Morgan fingerprint density at radius 1 is 1.35 bits per heavy atom. The number of aryl methyl sites for hydroxylation is 2. The second-order valence-electron chi connectivity index (χ2n) is 8.07. The Morgan fingerprint density at radius 3 is 2.77 bits per heavy atom. The van der Waals surface area contributed by atoms with E-state index < -0.39 is 5.97 Å². The van der Waals surface area contributed by atoms with Gasteiger partial charge in [0.2, 0.25) is 0 Å². The quantitative estimate of drug-likeness (QED) is 0.543. The Balaban J connectivity index is 1.65. The van der Waals surface area contributed by atoms with Gasteiger partial charge in [-0.05, 0) is 36.1 Å². The molecule has 0 atom stereocenters. The van der Waals surface area contributed by atoms with Gasteiger partial charge in [0.15, 0.2) is 0 Å². The van der Waals surface area contributed by atoms with Gasteiger partial charge in [-0.2, -0.15) is 0 Å². The smallest absolute Gasteiger partial charge is 0.328 e. The lowest BCUT2D eigenvalue weighted by Crippen LogP contribution is -2.56. The minimum absolute atomic E-state index is 0.0249. The maximum Gasteiger partial charge on any atom is 0.328 e. The fraction of sp³-hybridized carbons (Fsp3) is 0.364. The molecular formula is C22H25N5O3S. The van der Waals surface area contributed by atoms with E-state index in [4.69, 9.17) is 10.8 Å². The van der Waals surface area contributed by atoms with E-state index in [1.165, 1.54) is 10.5 Å². The molecule has 3 aromatic heterocycles. The molecule has 8 nitrogen and oxygen atoms in total. The number of carboxylic acids is 1. The maximum atomic E-state index is 13.1. The summed E-state index contributed by atoms with van der Waals surface area (Å²) in [5, 5.41) is 12.2. The van der Waals surface area contributed by atoms with E-state index in [1.807, 2.05) is 17.0 Å². The van der Waals surface area contributed by atoms with Crippen LogP contribution in [0.15, 0.2) is 34.6 Å². The molecule has 4 rings (SSSR count). The van der Waals surface area contributed by atoms with Gasteiger partial charge in [-0.3, -0.25) is 9.20 Å². The standard InChI is InChI=1S/C22H25N5O3S/c1-13(2)17-12-31-19(24-17)5-3-14-7-8-27-18(9-14)25-21(26-10-15(23)11-26)16(22(27)30)4-6-20(28)29/h4,6-9,12-13,15H,3,5,10-11,23H2,1-2H3,(H,28,29)/b6-4+. The number of aliphatic carboxylic acids is 1. The SMILES string of the molecule is CC(C)c1csc(CCc2ccn3c(=O)c(/C=C/C(=O)O)c(N4CC(N)C4)nc3c2)n1. The van der Waals surface area contributed by atoms with Crippen LogP contribution in [-0.4, -0.2) is 44.6 Å². The van der Waals surface area contributed by atoms with E-state index in [0.717, 1.165) is 35.2 Å². The largest absolute Gasteiger partial charge is 0.478 e. The van der Waals surface area contributed by atoms with Crippen LogP contribution in [0.5, 0.6) is 0 Å². The van der Waals surface area contributed by atoms with Crippen LogP contribution in [0.3, 0.4) is 0 Å². The number of nitrogens with zero attached hydrogens (tertiary/aromatic N) is 4. The van der Waals surface area contributed by atoms with Crippen LogP contribution in [-0.2, 0) is 17.6 Å². The Bertz CT molecular complexity index is 1210. The van der Waals surface area contributed by atoms with Crippen molar-refractivity contribution in [3.8, 4) is 0 Å². The van der Waals surface area contributed by atoms with Crippen LogP contribution in [0.2, 0.25) is 0 Å². The van der Waals surface area contributed by atoms with Crippen molar-refractivity contribution in [2.45, 2.75) is 38.6 Å². The van der Waals surface area contributed by atoms with E-state index >= 15 is 0 Å². The molecule has 4 heterocycles. The van der Waals surface area contributed by atoms with Crippen molar-refractivity contribution in [3.05, 3.63) is 62.0 Å². The molecule has 0 amide bonds. The monoisotopic (exact) mass is 439 g/mol. The van der Waals surface area contributed by atoms with Gasteiger partial charge in [0.25, 0.3) is 5.56 Å². The average molecular weight is 440 g/mol. The summed E-state index contributed by atoms with van der Waals surface area (Å²) in [5.74, 6) is -0.226. The minimum Gasteiger partial charge on any atom is -0.478 e. The van der Waals surface area contributed by atoms with Gasteiger partial charge in [0.05, 0.1) is 16.3 Å². The molecule has 3 N–H and O–H groups in total. The summed E-state index contributed by atoms with van der Waals surface area (Å²) in [6, 6.07) is 3.83. The van der Waals surface area contributed by atoms with Crippen molar-refractivity contribution in [3.63, 3.8) is 0 Å². The van der Waals surface area contributed by atoms with Crippen molar-refractivity contribution in [1.29, 1.82) is 0 Å². The zero-order valence-electron chi connectivity index (χ0n) is 17.5. The number of fused-ring (bicyclic) bond motifs is 1. The van der Waals surface area contributed by atoms with Crippen molar-refractivity contribution in [2.24, 2.45) is 5.73 Å². The first kappa shape index (κ1) is 21.2. The molecule has 0 aromatic carbocycles. The first-order chi connectivity index (χ1) is 14.8. The predicted molar refractivity (Wildman–Crippen MR) is 122 cm³/mol. The van der Waals surface area contributed by atoms with Crippen LogP contribution in [0, 0.1) is 0 Å². The number of pyridine rings is 1. The van der Waals surface area contributed by atoms with Crippen LogP contribution >= 0.6 is 11.3 Å². The maximum absolute atomic E-state index is 13.1. The molecule has 3 aromatic rings. The van der Waals surface area contributed by atoms with Gasteiger partial charge >= 0.3 is 5.97 Å². The van der Waals surface area contributed by atoms with Crippen LogP contribution in [0.4, 0.5) is 5.82 Å². The van der Waals surface area contributed by atoms with Gasteiger partial charge in [0, 0.05) is 43.2 Å². The van der Waals surface area contributed by atoms with Crippen LogP contribution in [0.1, 0.15) is 41.6 Å². The van der Waals surface area contributed by atoms with Crippen molar-refractivity contribution in [1.82, 2.24) is 14.4 Å². The molecule has 162 valence electrons. The first-order valence-corrected chi connectivity index (χ1v) is 11.1. The summed E-state index contributed by atoms with van der Waals surface area (Å²) in [7, 11) is 0. The Labute approximate surface area is 183 Å². The third-order valence-corrected chi connectivity index (χ3v) is 6.23. The molecule has 0 unspecified atom stereocenters. The Hall–Kier alpha value is -3.04. The number of rotatable bonds is 7. The lowest BCUT2D eigenvalue weighted by molar-refractivity contribution is -0.131. The molecule has 1 saturated heterocycles. The summed E-state index contributed by atoms with van der Waals surface area (Å²) < 4.78 is 1.45. The van der Waals surface area contributed by atoms with Gasteiger partial charge < -0.3 is 15.7 Å².